The standard InChI is InChI=1S/C69H129N11O15SSi/c1-31-48-63(86)74(21)49(32-2)64(87)75(22)51(36-40(5)6)60(83)73-54(43(11)12)67(90)76(23)50(35-39(3)4)59(82)70-46(16)58(81)71-47(17)62(85)77(24)52(37-41(7)8)65(88)78(25)53(38-42(9)10)66(89)79(26)55(44(13)14)68(91)80(27)56(61(84)72-48)57(95-97(29,30)69(18,19)20)45(15)33-34-94-96(28,92)93/h39-57H,31-38H2,1-30H3,(H,70,82)(H,71,81)(H,72,84)(H,73,83)/t45-,46+,47-,48+,49-,50+,51+,52+,53+,54+,55+,56+,57-/m1/s1. The van der Waals surface area contributed by atoms with Crippen molar-refractivity contribution in [3.8, 4) is 0 Å². The highest BCUT2D eigenvalue weighted by molar-refractivity contribution is 7.86. The molecule has 560 valence electrons. The lowest BCUT2D eigenvalue weighted by Crippen LogP contribution is -2.65. The third kappa shape index (κ3) is 25.1. The predicted octanol–water partition coefficient (Wildman–Crippen LogP) is 5.48. The minimum Gasteiger partial charge on any atom is -0.411 e. The molecular weight excluding hydrogens is 1280 g/mol. The van der Waals surface area contributed by atoms with Gasteiger partial charge in [-0.25, -0.2) is 0 Å². The van der Waals surface area contributed by atoms with Gasteiger partial charge in [-0.15, -0.1) is 0 Å². The Bertz CT molecular complexity index is 2810. The van der Waals surface area contributed by atoms with Crippen LogP contribution in [0.15, 0.2) is 0 Å². The van der Waals surface area contributed by atoms with E-state index < -0.39 is 179 Å². The first-order chi connectivity index (χ1) is 44.3. The molecule has 11 amide bonds. The number of nitrogens with zero attached hydrogens (tertiary/aromatic N) is 7. The number of carbonyl (C=O) groups is 11. The van der Waals surface area contributed by atoms with Crippen LogP contribution in [0.4, 0.5) is 0 Å². The zero-order valence-corrected chi connectivity index (χ0v) is 66.6. The van der Waals surface area contributed by atoms with Crippen molar-refractivity contribution in [2.75, 3.05) is 62.2 Å². The van der Waals surface area contributed by atoms with E-state index >= 15 is 28.8 Å². The van der Waals surface area contributed by atoms with Gasteiger partial charge in [-0.05, 0) is 118 Å². The summed E-state index contributed by atoms with van der Waals surface area (Å²) in [4.78, 5) is 174. The number of carbonyl (C=O) groups excluding carboxylic acids is 11. The van der Waals surface area contributed by atoms with E-state index in [1.165, 1.54) is 97.5 Å². The van der Waals surface area contributed by atoms with E-state index in [9.17, 15) is 32.4 Å². The Kier molecular flexibility index (Phi) is 35.1. The van der Waals surface area contributed by atoms with E-state index in [2.05, 4.69) is 21.3 Å². The third-order valence-electron chi connectivity index (χ3n) is 19.1. The monoisotopic (exact) mass is 1410 g/mol. The molecule has 1 aliphatic rings. The molecule has 0 spiro atoms. The zero-order valence-electron chi connectivity index (χ0n) is 64.8. The van der Waals surface area contributed by atoms with E-state index in [4.69, 9.17) is 8.61 Å². The predicted molar refractivity (Wildman–Crippen MR) is 380 cm³/mol. The van der Waals surface area contributed by atoms with Crippen LogP contribution in [0.1, 0.15) is 183 Å². The molecule has 97 heavy (non-hydrogen) atoms. The van der Waals surface area contributed by atoms with Gasteiger partial charge in [-0.3, -0.25) is 56.9 Å². The summed E-state index contributed by atoms with van der Waals surface area (Å²) in [6.07, 6.45) is 0.254. The second-order valence-corrected chi connectivity index (χ2v) is 37.5. The summed E-state index contributed by atoms with van der Waals surface area (Å²) in [5, 5.41) is 10.7. The summed E-state index contributed by atoms with van der Waals surface area (Å²) in [6.45, 7) is 39.4. The van der Waals surface area contributed by atoms with E-state index in [1.807, 2.05) is 89.3 Å². The molecule has 4 N–H and O–H groups in total. The van der Waals surface area contributed by atoms with Gasteiger partial charge in [0.15, 0.2) is 8.32 Å². The van der Waals surface area contributed by atoms with Crippen LogP contribution >= 0.6 is 0 Å². The Morgan fingerprint density at radius 1 is 0.443 bits per heavy atom. The summed E-state index contributed by atoms with van der Waals surface area (Å²) < 4.78 is 37.2. The van der Waals surface area contributed by atoms with Gasteiger partial charge >= 0.3 is 0 Å². The van der Waals surface area contributed by atoms with E-state index in [-0.39, 0.29) is 75.2 Å². The second kappa shape index (κ2) is 38.2. The minimum absolute atomic E-state index is 0.0119. The largest absolute Gasteiger partial charge is 0.411 e. The van der Waals surface area contributed by atoms with Crippen molar-refractivity contribution in [3.05, 3.63) is 0 Å². The SMILES string of the molecule is CC[C@@H]1NC(=O)[C@H]([C@H](O[Si](C)(C)C(C)(C)C)[C@H](C)CCOS(C)(=O)=O)N(C)C(=O)[C@H](C(C)C)N(C)C(=O)[C@H](CC(C)C)N(C)C(=O)[C@H](CC(C)C)N(C)C(=O)[C@@H](C)NC(=O)[C@H](C)NC(=O)[C@H](CC(C)C)N(C)C(=O)[C@H](C(C)C)NC(=O)[C@H](CC(C)C)N(C)C(=O)[C@@H](CC)N(C)C1=O. The topological polar surface area (TPSA) is 311 Å². The molecule has 1 rings (SSSR count). The molecule has 0 aromatic rings. The molecule has 1 fully saturated rings. The average Bonchev–Trinajstić information content (AvgIpc) is 0.788. The maximum absolute atomic E-state index is 15.9. The molecule has 0 aliphatic carbocycles. The third-order valence-corrected chi connectivity index (χ3v) is 24.2. The summed E-state index contributed by atoms with van der Waals surface area (Å²) in [6, 6.07) is -13.9. The minimum atomic E-state index is -3.94. The van der Waals surface area contributed by atoms with Gasteiger partial charge in [0.2, 0.25) is 65.0 Å². The first-order valence-corrected chi connectivity index (χ1v) is 39.6. The van der Waals surface area contributed by atoms with Crippen LogP contribution in [0.5, 0.6) is 0 Å². The molecule has 0 unspecified atom stereocenters. The molecule has 28 heteroatoms. The number of nitrogens with one attached hydrogen (secondary N) is 4. The van der Waals surface area contributed by atoms with Gasteiger partial charge < -0.3 is 60.0 Å². The summed E-state index contributed by atoms with van der Waals surface area (Å²) in [7, 11) is 3.12. The normalized spacial score (nSPS) is 26.3. The molecule has 0 aromatic carbocycles. The second-order valence-electron chi connectivity index (χ2n) is 31.1. The Hall–Kier alpha value is -5.74. The van der Waals surface area contributed by atoms with Crippen LogP contribution in [0.25, 0.3) is 0 Å². The average molecular weight is 1410 g/mol. The van der Waals surface area contributed by atoms with Crippen LogP contribution in [-0.4, -0.2) is 251 Å². The van der Waals surface area contributed by atoms with E-state index in [0.717, 1.165) is 6.26 Å². The molecule has 0 bridgehead atoms. The number of hydrogen-bond acceptors (Lipinski definition) is 15. The van der Waals surface area contributed by atoms with Crippen molar-refractivity contribution in [2.45, 2.75) is 274 Å². The van der Waals surface area contributed by atoms with Gasteiger partial charge in [0.1, 0.15) is 66.5 Å². The van der Waals surface area contributed by atoms with Crippen LogP contribution in [0.3, 0.4) is 0 Å². The van der Waals surface area contributed by atoms with Crippen molar-refractivity contribution in [2.24, 2.45) is 41.4 Å². The van der Waals surface area contributed by atoms with Crippen molar-refractivity contribution in [1.82, 2.24) is 55.6 Å². The Morgan fingerprint density at radius 3 is 1.24 bits per heavy atom. The first-order valence-electron chi connectivity index (χ1n) is 34.9. The lowest BCUT2D eigenvalue weighted by molar-refractivity contribution is -0.157. The fourth-order valence-electron chi connectivity index (χ4n) is 12.0. The zero-order chi connectivity index (χ0) is 75.8. The molecule has 0 saturated carbocycles. The van der Waals surface area contributed by atoms with Gasteiger partial charge in [-0.1, -0.05) is 125 Å². The quantitative estimate of drug-likeness (QED) is 0.0867. The molecule has 13 atom stereocenters. The smallest absolute Gasteiger partial charge is 0.264 e. The fourth-order valence-corrected chi connectivity index (χ4v) is 13.8. The molecule has 0 aromatic heterocycles. The number of amides is 11. The first kappa shape index (κ1) is 89.3. The van der Waals surface area contributed by atoms with Crippen molar-refractivity contribution >= 4 is 83.4 Å². The van der Waals surface area contributed by atoms with Crippen molar-refractivity contribution < 1.29 is 69.8 Å². The number of hydrogen-bond donors (Lipinski definition) is 4. The lowest BCUT2D eigenvalue weighted by atomic mass is 9.91. The highest BCUT2D eigenvalue weighted by atomic mass is 32.2. The number of rotatable bonds is 20. The van der Waals surface area contributed by atoms with Crippen LogP contribution < -0.4 is 21.3 Å². The number of likely N-dealkylation sites (N-methyl/N-ethyl adjacent to an activating group) is 7. The Labute approximate surface area is 583 Å². The summed E-state index contributed by atoms with van der Waals surface area (Å²) in [5.41, 5.74) is 0. The Balaban J connectivity index is 4.70. The van der Waals surface area contributed by atoms with Crippen molar-refractivity contribution in [3.63, 3.8) is 0 Å². The lowest BCUT2D eigenvalue weighted by Gasteiger charge is -2.46. The van der Waals surface area contributed by atoms with Gasteiger partial charge in [-0.2, -0.15) is 8.42 Å². The Morgan fingerprint density at radius 2 is 0.825 bits per heavy atom. The molecule has 1 heterocycles. The van der Waals surface area contributed by atoms with Gasteiger partial charge in [0.25, 0.3) is 10.1 Å². The van der Waals surface area contributed by atoms with Crippen LogP contribution in [0.2, 0.25) is 18.1 Å². The molecule has 26 nitrogen and oxygen atoms in total. The van der Waals surface area contributed by atoms with Crippen molar-refractivity contribution in [1.29, 1.82) is 0 Å². The fraction of sp³-hybridized carbons (Fsp3) is 0.841. The maximum Gasteiger partial charge on any atom is 0.264 e. The summed E-state index contributed by atoms with van der Waals surface area (Å²) in [5.74, 6) is -10.1. The maximum atomic E-state index is 15.9. The van der Waals surface area contributed by atoms with E-state index in [0.29, 0.717) is 0 Å². The van der Waals surface area contributed by atoms with Gasteiger partial charge in [0.05, 0.1) is 19.0 Å². The highest BCUT2D eigenvalue weighted by Gasteiger charge is 2.50. The molecule has 0 radical (unpaired) electrons. The molecular formula is C69H129N11O15SSi. The van der Waals surface area contributed by atoms with Gasteiger partial charge in [0, 0.05) is 49.3 Å². The van der Waals surface area contributed by atoms with Crippen LogP contribution in [0, 0.1) is 41.4 Å². The van der Waals surface area contributed by atoms with E-state index in [1.54, 1.807) is 48.5 Å². The molecule has 1 saturated heterocycles. The summed E-state index contributed by atoms with van der Waals surface area (Å²) >= 11 is 0. The molecule has 1 aliphatic heterocycles. The highest BCUT2D eigenvalue weighted by Crippen LogP contribution is 2.40. The van der Waals surface area contributed by atoms with Crippen LogP contribution in [-0.2, 0) is 71.5 Å².